The third kappa shape index (κ3) is 2.09. The molecule has 1 fully saturated rings. The molecule has 1 aromatic rings. The minimum absolute atomic E-state index is 0.364. The van der Waals surface area contributed by atoms with Gasteiger partial charge in [-0.3, -0.25) is 0 Å². The van der Waals surface area contributed by atoms with Gasteiger partial charge < -0.3 is 14.4 Å². The molecule has 1 aromatic heterocycles. The van der Waals surface area contributed by atoms with Crippen molar-refractivity contribution in [3.63, 3.8) is 0 Å². The van der Waals surface area contributed by atoms with E-state index in [1.54, 1.807) is 13.1 Å². The minimum atomic E-state index is -0.653. The lowest BCUT2D eigenvalue weighted by Gasteiger charge is -2.32. The van der Waals surface area contributed by atoms with Crippen LogP contribution >= 0.6 is 0 Å². The Hall–Kier alpha value is -0.845. The Bertz CT molecular complexity index is 438. The molecule has 0 saturated carbocycles. The van der Waals surface area contributed by atoms with Gasteiger partial charge in [-0.05, 0) is 41.5 Å². The molecule has 6 heteroatoms. The third-order valence-electron chi connectivity index (χ3n) is 3.84. The van der Waals surface area contributed by atoms with Crippen LogP contribution in [0.15, 0.2) is 6.20 Å². The van der Waals surface area contributed by atoms with Gasteiger partial charge in [0.2, 0.25) is 0 Å². The van der Waals surface area contributed by atoms with Crippen LogP contribution in [0.4, 0.5) is 0 Å². The van der Waals surface area contributed by atoms with E-state index in [4.69, 9.17) is 9.31 Å². The van der Waals surface area contributed by atoms with Crippen molar-refractivity contribution in [3.8, 4) is 0 Å². The molecule has 0 bridgehead atoms. The number of hydrogen-bond donors (Lipinski definition) is 1. The van der Waals surface area contributed by atoms with Gasteiger partial charge in [0.05, 0.1) is 16.9 Å². The van der Waals surface area contributed by atoms with Crippen LogP contribution in [0, 0.1) is 6.92 Å². The van der Waals surface area contributed by atoms with Gasteiger partial charge in [0, 0.05) is 11.7 Å². The van der Waals surface area contributed by atoms with Gasteiger partial charge in [-0.25, -0.2) is 4.68 Å². The van der Waals surface area contributed by atoms with Crippen molar-refractivity contribution in [3.05, 3.63) is 11.9 Å². The first-order valence-corrected chi connectivity index (χ1v) is 6.23. The highest BCUT2D eigenvalue weighted by atomic mass is 16.7. The van der Waals surface area contributed by atoms with Gasteiger partial charge >= 0.3 is 7.12 Å². The fraction of sp³-hybridized carbons (Fsp3) is 0.750. The van der Waals surface area contributed by atoms with Gasteiger partial charge in [0.1, 0.15) is 6.23 Å². The highest BCUT2D eigenvalue weighted by Crippen LogP contribution is 2.36. The van der Waals surface area contributed by atoms with Crippen LogP contribution in [0.3, 0.4) is 0 Å². The Morgan fingerprint density at radius 1 is 1.28 bits per heavy atom. The van der Waals surface area contributed by atoms with Crippen LogP contribution in [-0.4, -0.2) is 33.2 Å². The summed E-state index contributed by atoms with van der Waals surface area (Å²) in [6.45, 7) is 11.6. The molecule has 0 aliphatic carbocycles. The zero-order valence-electron chi connectivity index (χ0n) is 11.9. The molecule has 0 aromatic carbocycles. The standard InChI is InChI=1S/C12H21BN2O3/c1-8-10(7-15(14-8)9(2)16)13-17-11(3,4)12(5,6)18-13/h7,9,16H,1-6H3. The second-order valence-electron chi connectivity index (χ2n) is 5.87. The lowest BCUT2D eigenvalue weighted by Crippen LogP contribution is -2.41. The van der Waals surface area contributed by atoms with Crippen LogP contribution in [0.1, 0.15) is 46.5 Å². The second-order valence-corrected chi connectivity index (χ2v) is 5.87. The lowest BCUT2D eigenvalue weighted by molar-refractivity contribution is 0.00578. The average molecular weight is 252 g/mol. The first-order chi connectivity index (χ1) is 8.14. The number of hydrogen-bond acceptors (Lipinski definition) is 4. The topological polar surface area (TPSA) is 56.5 Å². The molecule has 2 heterocycles. The lowest BCUT2D eigenvalue weighted by atomic mass is 9.79. The van der Waals surface area contributed by atoms with Gasteiger partial charge in [-0.15, -0.1) is 0 Å². The smallest absolute Gasteiger partial charge is 0.399 e. The maximum atomic E-state index is 9.53. The molecule has 1 saturated heterocycles. The fourth-order valence-electron chi connectivity index (χ4n) is 1.89. The van der Waals surface area contributed by atoms with Gasteiger partial charge in [-0.1, -0.05) is 0 Å². The molecule has 1 N–H and O–H groups in total. The molecule has 100 valence electrons. The molecule has 0 spiro atoms. The summed E-state index contributed by atoms with van der Waals surface area (Å²) in [5, 5.41) is 13.8. The largest absolute Gasteiger partial charge is 0.498 e. The molecule has 1 unspecified atom stereocenters. The summed E-state index contributed by atoms with van der Waals surface area (Å²) >= 11 is 0. The van der Waals surface area contributed by atoms with E-state index in [2.05, 4.69) is 5.10 Å². The zero-order valence-corrected chi connectivity index (χ0v) is 11.9. The monoisotopic (exact) mass is 252 g/mol. The molecular formula is C12H21BN2O3. The van der Waals surface area contributed by atoms with Crippen LogP contribution in [-0.2, 0) is 9.31 Å². The summed E-state index contributed by atoms with van der Waals surface area (Å²) in [7, 11) is -0.428. The Labute approximate surface area is 108 Å². The van der Waals surface area contributed by atoms with Crippen molar-refractivity contribution in [1.82, 2.24) is 9.78 Å². The molecular weight excluding hydrogens is 231 g/mol. The van der Waals surface area contributed by atoms with Gasteiger partial charge in [-0.2, -0.15) is 5.10 Å². The number of aliphatic hydroxyl groups excluding tert-OH is 1. The van der Waals surface area contributed by atoms with Crippen LogP contribution in [0.25, 0.3) is 0 Å². The Morgan fingerprint density at radius 2 is 1.78 bits per heavy atom. The third-order valence-corrected chi connectivity index (χ3v) is 3.84. The van der Waals surface area contributed by atoms with Crippen molar-refractivity contribution in [2.45, 2.75) is 59.0 Å². The van der Waals surface area contributed by atoms with E-state index in [-0.39, 0.29) is 11.2 Å². The van der Waals surface area contributed by atoms with Crippen LogP contribution in [0.2, 0.25) is 0 Å². The number of aromatic nitrogens is 2. The predicted octanol–water partition coefficient (Wildman–Crippen LogP) is 1.00. The number of nitrogens with zero attached hydrogens (tertiary/aromatic N) is 2. The van der Waals surface area contributed by atoms with Crippen molar-refractivity contribution in [1.29, 1.82) is 0 Å². The van der Waals surface area contributed by atoms with E-state index in [0.29, 0.717) is 0 Å². The van der Waals surface area contributed by atoms with E-state index < -0.39 is 13.3 Å². The molecule has 1 aliphatic heterocycles. The van der Waals surface area contributed by atoms with E-state index in [1.165, 1.54) is 4.68 Å². The highest BCUT2D eigenvalue weighted by Gasteiger charge is 2.52. The normalized spacial score (nSPS) is 23.4. The van der Waals surface area contributed by atoms with E-state index >= 15 is 0 Å². The molecule has 2 rings (SSSR count). The second kappa shape index (κ2) is 4.08. The van der Waals surface area contributed by atoms with Crippen LogP contribution < -0.4 is 5.46 Å². The minimum Gasteiger partial charge on any atom is -0.399 e. The van der Waals surface area contributed by atoms with Crippen molar-refractivity contribution >= 4 is 12.6 Å². The van der Waals surface area contributed by atoms with Gasteiger partial charge in [0.25, 0.3) is 0 Å². The Kier molecular flexibility index (Phi) is 3.08. The molecule has 5 nitrogen and oxygen atoms in total. The van der Waals surface area contributed by atoms with E-state index in [9.17, 15) is 5.11 Å². The summed E-state index contributed by atoms with van der Waals surface area (Å²) in [6.07, 6.45) is 1.13. The van der Waals surface area contributed by atoms with Crippen molar-refractivity contribution < 1.29 is 14.4 Å². The van der Waals surface area contributed by atoms with E-state index in [1.807, 2.05) is 34.6 Å². The predicted molar refractivity (Wildman–Crippen MR) is 69.6 cm³/mol. The zero-order chi connectivity index (χ0) is 13.7. The maximum Gasteiger partial charge on any atom is 0.498 e. The molecule has 0 radical (unpaired) electrons. The first kappa shape index (κ1) is 13.6. The molecule has 1 atom stereocenters. The van der Waals surface area contributed by atoms with Crippen molar-refractivity contribution in [2.75, 3.05) is 0 Å². The maximum absolute atomic E-state index is 9.53. The summed E-state index contributed by atoms with van der Waals surface area (Å²) < 4.78 is 13.4. The highest BCUT2D eigenvalue weighted by molar-refractivity contribution is 6.62. The Morgan fingerprint density at radius 3 is 2.17 bits per heavy atom. The Balaban J connectivity index is 2.30. The van der Waals surface area contributed by atoms with E-state index in [0.717, 1.165) is 11.2 Å². The summed E-state index contributed by atoms with van der Waals surface area (Å²) in [4.78, 5) is 0. The summed E-state index contributed by atoms with van der Waals surface area (Å²) in [6, 6.07) is 0. The van der Waals surface area contributed by atoms with Crippen molar-refractivity contribution in [2.24, 2.45) is 0 Å². The molecule has 1 aliphatic rings. The van der Waals surface area contributed by atoms with Crippen LogP contribution in [0.5, 0.6) is 0 Å². The number of aliphatic hydroxyl groups is 1. The summed E-state index contributed by atoms with van der Waals surface area (Å²) in [5.74, 6) is 0. The van der Waals surface area contributed by atoms with Gasteiger partial charge in [0.15, 0.2) is 0 Å². The summed E-state index contributed by atoms with van der Waals surface area (Å²) in [5.41, 5.74) is 0.956. The SMILES string of the molecule is Cc1nn(C(C)O)cc1B1OC(C)(C)C(C)(C)O1. The number of rotatable bonds is 2. The molecule has 0 amide bonds. The average Bonchev–Trinajstić information content (AvgIpc) is 2.66. The fourth-order valence-corrected chi connectivity index (χ4v) is 1.89. The molecule has 18 heavy (non-hydrogen) atoms. The quantitative estimate of drug-likeness (QED) is 0.798. The number of aryl methyl sites for hydroxylation is 1. The first-order valence-electron chi connectivity index (χ1n) is 6.23.